The van der Waals surface area contributed by atoms with Gasteiger partial charge in [0.25, 0.3) is 0 Å². The van der Waals surface area contributed by atoms with Gasteiger partial charge in [-0.05, 0) is 31.2 Å². The number of likely N-dealkylation sites (N-methyl/N-ethyl adjacent to an activating group) is 2. The Morgan fingerprint density at radius 1 is 1.28 bits per heavy atom. The van der Waals surface area contributed by atoms with Gasteiger partial charge in [-0.15, -0.1) is 0 Å². The van der Waals surface area contributed by atoms with E-state index in [9.17, 15) is 22.0 Å². The number of nitrogens with zero attached hydrogens (tertiary/aromatic N) is 2. The molecule has 1 aromatic carbocycles. The van der Waals surface area contributed by atoms with Crippen LogP contribution in [-0.4, -0.2) is 68.9 Å². The molecule has 1 aliphatic heterocycles. The number of carbonyl (C=O) groups excluding carboxylic acids is 1. The Kier molecular flexibility index (Phi) is 6.34. The van der Waals surface area contributed by atoms with Gasteiger partial charge in [0, 0.05) is 19.6 Å². The number of hydrogen-bond donors (Lipinski definition) is 0. The lowest BCUT2D eigenvalue weighted by Gasteiger charge is -2.25. The number of carbonyl (C=O) groups is 1. The number of ether oxygens (including phenoxy) is 1. The second-order valence-electron chi connectivity index (χ2n) is 6.24. The number of hydrogen-bond acceptors (Lipinski definition) is 5. The van der Waals surface area contributed by atoms with Crippen LogP contribution in [0.3, 0.4) is 0 Å². The molecule has 0 aromatic heterocycles. The van der Waals surface area contributed by atoms with Crippen LogP contribution >= 0.6 is 0 Å². The molecule has 1 heterocycles. The highest BCUT2D eigenvalue weighted by atomic mass is 32.2. The van der Waals surface area contributed by atoms with Gasteiger partial charge in [-0.2, -0.15) is 8.78 Å². The van der Waals surface area contributed by atoms with Crippen LogP contribution in [0.25, 0.3) is 0 Å². The fraction of sp³-hybridized carbons (Fsp3) is 0.562. The summed E-state index contributed by atoms with van der Waals surface area (Å²) in [6.07, 6.45) is 0.543. The molecule has 140 valence electrons. The zero-order valence-corrected chi connectivity index (χ0v) is 15.0. The fourth-order valence-electron chi connectivity index (χ4n) is 2.72. The third-order valence-electron chi connectivity index (χ3n) is 4.21. The van der Waals surface area contributed by atoms with Crippen molar-refractivity contribution in [1.29, 1.82) is 0 Å². The van der Waals surface area contributed by atoms with Gasteiger partial charge in [-0.1, -0.05) is 12.1 Å². The number of benzene rings is 1. The molecule has 0 aliphatic carbocycles. The minimum Gasteiger partial charge on any atom is -0.435 e. The molecule has 1 fully saturated rings. The van der Waals surface area contributed by atoms with Gasteiger partial charge >= 0.3 is 6.61 Å². The maximum Gasteiger partial charge on any atom is 0.387 e. The van der Waals surface area contributed by atoms with Crippen LogP contribution in [0, 0.1) is 0 Å². The third kappa shape index (κ3) is 5.93. The molecule has 0 bridgehead atoms. The first-order valence-corrected chi connectivity index (χ1v) is 9.67. The highest BCUT2D eigenvalue weighted by Gasteiger charge is 2.31. The number of alkyl halides is 2. The highest BCUT2D eigenvalue weighted by Crippen LogP contribution is 2.18. The Hall–Kier alpha value is -1.74. The summed E-state index contributed by atoms with van der Waals surface area (Å²) in [5.41, 5.74) is 0.781. The summed E-state index contributed by atoms with van der Waals surface area (Å²) < 4.78 is 51.6. The summed E-state index contributed by atoms with van der Waals surface area (Å²) in [6, 6.07) is 5.96. The zero-order valence-electron chi connectivity index (χ0n) is 14.2. The Balaban J connectivity index is 1.85. The Morgan fingerprint density at radius 2 is 1.92 bits per heavy atom. The molecule has 1 unspecified atom stereocenters. The molecule has 0 saturated carbocycles. The van der Waals surface area contributed by atoms with Crippen LogP contribution in [0.15, 0.2) is 24.3 Å². The third-order valence-corrected chi connectivity index (χ3v) is 5.96. The molecule has 1 aliphatic rings. The summed E-state index contributed by atoms with van der Waals surface area (Å²) in [4.78, 5) is 15.6. The van der Waals surface area contributed by atoms with Crippen molar-refractivity contribution in [2.24, 2.45) is 0 Å². The summed E-state index contributed by atoms with van der Waals surface area (Å²) in [5.74, 6) is 0.181. The summed E-state index contributed by atoms with van der Waals surface area (Å²) in [7, 11) is 0.398. The predicted octanol–water partition coefficient (Wildman–Crippen LogP) is 1.37. The van der Waals surface area contributed by atoms with Gasteiger partial charge in [0.05, 0.1) is 18.1 Å². The Morgan fingerprint density at radius 3 is 2.44 bits per heavy atom. The van der Waals surface area contributed by atoms with Crippen molar-refractivity contribution >= 4 is 15.7 Å². The van der Waals surface area contributed by atoms with E-state index < -0.39 is 16.4 Å². The van der Waals surface area contributed by atoms with E-state index in [1.54, 1.807) is 31.1 Å². The van der Waals surface area contributed by atoms with E-state index >= 15 is 0 Å². The molecular formula is C16H22F2N2O4S. The Labute approximate surface area is 146 Å². The van der Waals surface area contributed by atoms with Gasteiger partial charge in [0.1, 0.15) is 5.75 Å². The van der Waals surface area contributed by atoms with Crippen LogP contribution in [0.2, 0.25) is 0 Å². The van der Waals surface area contributed by atoms with Crippen LogP contribution in [0.4, 0.5) is 8.78 Å². The smallest absolute Gasteiger partial charge is 0.387 e. The van der Waals surface area contributed by atoms with E-state index in [0.717, 1.165) is 5.56 Å². The molecular weight excluding hydrogens is 354 g/mol. The van der Waals surface area contributed by atoms with Crippen molar-refractivity contribution in [2.75, 3.05) is 32.1 Å². The topological polar surface area (TPSA) is 66.9 Å². The van der Waals surface area contributed by atoms with E-state index in [1.807, 2.05) is 0 Å². The van der Waals surface area contributed by atoms with Gasteiger partial charge in [0.2, 0.25) is 5.91 Å². The molecule has 0 N–H and O–H groups in total. The van der Waals surface area contributed by atoms with Crippen LogP contribution in [0.5, 0.6) is 5.75 Å². The average Bonchev–Trinajstić information content (AvgIpc) is 2.89. The number of halogens is 2. The van der Waals surface area contributed by atoms with E-state index in [2.05, 4.69) is 4.74 Å². The van der Waals surface area contributed by atoms with Crippen LogP contribution in [-0.2, 0) is 21.2 Å². The molecule has 1 aromatic rings. The first-order valence-electron chi connectivity index (χ1n) is 7.84. The summed E-state index contributed by atoms with van der Waals surface area (Å²) in [6.45, 7) is -2.42. The minimum absolute atomic E-state index is 0.0647. The second-order valence-corrected chi connectivity index (χ2v) is 8.47. The lowest BCUT2D eigenvalue weighted by Crippen LogP contribution is -2.41. The number of rotatable bonds is 7. The molecule has 6 nitrogen and oxygen atoms in total. The van der Waals surface area contributed by atoms with Crippen LogP contribution < -0.4 is 4.74 Å². The zero-order chi connectivity index (χ0) is 18.6. The van der Waals surface area contributed by atoms with Crippen molar-refractivity contribution in [1.82, 2.24) is 9.80 Å². The number of amides is 1. The van der Waals surface area contributed by atoms with Gasteiger partial charge in [-0.3, -0.25) is 9.69 Å². The van der Waals surface area contributed by atoms with E-state index in [1.165, 1.54) is 17.0 Å². The normalized spacial score (nSPS) is 19.4. The first-order chi connectivity index (χ1) is 11.7. The molecule has 1 atom stereocenters. The molecule has 2 rings (SSSR count). The van der Waals surface area contributed by atoms with Crippen LogP contribution in [0.1, 0.15) is 12.0 Å². The molecule has 1 amide bonds. The second kappa shape index (κ2) is 8.09. The van der Waals surface area contributed by atoms with Crippen molar-refractivity contribution in [3.8, 4) is 5.75 Å². The van der Waals surface area contributed by atoms with E-state index in [-0.39, 0.29) is 35.7 Å². The molecule has 9 heteroatoms. The van der Waals surface area contributed by atoms with Gasteiger partial charge < -0.3 is 9.64 Å². The van der Waals surface area contributed by atoms with Gasteiger partial charge in [-0.25, -0.2) is 8.42 Å². The quantitative estimate of drug-likeness (QED) is 0.719. The monoisotopic (exact) mass is 376 g/mol. The SMILES string of the molecule is CN(Cc1ccc(OC(F)F)cc1)C(=O)CN(C)C1CCS(=O)(=O)C1. The average molecular weight is 376 g/mol. The number of sulfone groups is 1. The van der Waals surface area contributed by atoms with Crippen molar-refractivity contribution < 1.29 is 26.7 Å². The first kappa shape index (κ1) is 19.6. The molecule has 0 spiro atoms. The van der Waals surface area contributed by atoms with Crippen molar-refractivity contribution in [3.05, 3.63) is 29.8 Å². The minimum atomic E-state index is -2.99. The highest BCUT2D eigenvalue weighted by molar-refractivity contribution is 7.91. The summed E-state index contributed by atoms with van der Waals surface area (Å²) >= 11 is 0. The lowest BCUT2D eigenvalue weighted by molar-refractivity contribution is -0.131. The standard InChI is InChI=1S/C16H22F2N2O4S/c1-19(13-7-8-25(22,23)11-13)10-15(21)20(2)9-12-3-5-14(6-4-12)24-16(17)18/h3-6,13,16H,7-11H2,1-2H3. The Bertz CT molecular complexity index is 695. The lowest BCUT2D eigenvalue weighted by atomic mass is 10.2. The van der Waals surface area contributed by atoms with Gasteiger partial charge in [0.15, 0.2) is 9.84 Å². The maximum atomic E-state index is 12.3. The van der Waals surface area contributed by atoms with E-state index in [0.29, 0.717) is 13.0 Å². The summed E-state index contributed by atoms with van der Waals surface area (Å²) in [5, 5.41) is 0. The molecule has 1 saturated heterocycles. The van der Waals surface area contributed by atoms with E-state index in [4.69, 9.17) is 0 Å². The van der Waals surface area contributed by atoms with Crippen molar-refractivity contribution in [2.45, 2.75) is 25.6 Å². The fourth-order valence-corrected chi connectivity index (χ4v) is 4.53. The largest absolute Gasteiger partial charge is 0.435 e. The molecule has 0 radical (unpaired) electrons. The van der Waals surface area contributed by atoms with Crippen molar-refractivity contribution in [3.63, 3.8) is 0 Å². The predicted molar refractivity (Wildman–Crippen MR) is 89.2 cm³/mol. The maximum absolute atomic E-state index is 12.3. The molecule has 25 heavy (non-hydrogen) atoms.